The summed E-state index contributed by atoms with van der Waals surface area (Å²) in [5, 5.41) is 15.4. The molecule has 116 valence electrons. The highest BCUT2D eigenvalue weighted by Crippen LogP contribution is 2.45. The Balaban J connectivity index is 2.72. The fraction of sp³-hybridized carbons (Fsp3) is 0.833. The number of carboxylic acids is 2. The average Bonchev–Trinajstić information content (AvgIpc) is 3.05. The van der Waals surface area contributed by atoms with E-state index in [1.54, 1.807) is 0 Å². The highest BCUT2D eigenvalue weighted by Gasteiger charge is 2.50. The molecule has 7 nitrogen and oxygen atoms in total. The summed E-state index contributed by atoms with van der Waals surface area (Å²) in [6.45, 7) is 2.02. The molecule has 0 radical (unpaired) electrons. The topological polar surface area (TPSA) is 118 Å². The minimum Gasteiger partial charge on any atom is -0.481 e. The molecule has 1 atom stereocenters. The number of aliphatic carboxylic acids is 2. The molecule has 0 spiro atoms. The lowest BCUT2D eigenvalue weighted by molar-refractivity contribution is -0.143. The monoisotopic (exact) mass is 308 g/mol. The maximum absolute atomic E-state index is 11.9. The second-order valence-electron chi connectivity index (χ2n) is 5.14. The van der Waals surface area contributed by atoms with E-state index < -0.39 is 39.3 Å². The van der Waals surface area contributed by atoms with Gasteiger partial charge in [0.25, 0.3) is 10.1 Å². The summed E-state index contributed by atoms with van der Waals surface area (Å²) in [5.41, 5.74) is -0.805. The molecule has 1 aliphatic rings. The molecule has 2 N–H and O–H groups in total. The first-order valence-electron chi connectivity index (χ1n) is 6.61. The quantitative estimate of drug-likeness (QED) is 0.462. The highest BCUT2D eigenvalue weighted by molar-refractivity contribution is 7.88. The van der Waals surface area contributed by atoms with E-state index in [4.69, 9.17) is 14.4 Å². The standard InChI is InChI=1S/C12H20O7S/c1-2-3-4-5-12(6-7-12)19-20(17,18)9(11(15)16)8-10(13)14/h9H,2-8H2,1H3,(H,13,14)(H,15,16). The Morgan fingerprint density at radius 2 is 1.85 bits per heavy atom. The van der Waals surface area contributed by atoms with Crippen molar-refractivity contribution in [1.82, 2.24) is 0 Å². The van der Waals surface area contributed by atoms with Crippen LogP contribution in [0, 0.1) is 0 Å². The van der Waals surface area contributed by atoms with E-state index in [1.165, 1.54) is 0 Å². The first kappa shape index (κ1) is 16.9. The summed E-state index contributed by atoms with van der Waals surface area (Å²) >= 11 is 0. The molecule has 0 aromatic heterocycles. The van der Waals surface area contributed by atoms with Crippen LogP contribution in [0.4, 0.5) is 0 Å². The number of rotatable bonds is 10. The van der Waals surface area contributed by atoms with Crippen LogP contribution in [-0.2, 0) is 23.9 Å². The van der Waals surface area contributed by atoms with Crippen molar-refractivity contribution in [1.29, 1.82) is 0 Å². The van der Waals surface area contributed by atoms with Crippen molar-refractivity contribution < 1.29 is 32.4 Å². The Morgan fingerprint density at radius 3 is 2.25 bits per heavy atom. The molecule has 0 aliphatic heterocycles. The van der Waals surface area contributed by atoms with E-state index in [2.05, 4.69) is 0 Å². The van der Waals surface area contributed by atoms with Gasteiger partial charge in [0.2, 0.25) is 0 Å². The van der Waals surface area contributed by atoms with Crippen LogP contribution in [0.25, 0.3) is 0 Å². The first-order valence-corrected chi connectivity index (χ1v) is 8.08. The van der Waals surface area contributed by atoms with E-state index in [-0.39, 0.29) is 0 Å². The van der Waals surface area contributed by atoms with Gasteiger partial charge in [0, 0.05) is 0 Å². The van der Waals surface area contributed by atoms with Crippen molar-refractivity contribution >= 4 is 22.1 Å². The molecule has 1 aliphatic carbocycles. The van der Waals surface area contributed by atoms with Crippen molar-refractivity contribution in [2.75, 3.05) is 0 Å². The number of hydrogen-bond donors (Lipinski definition) is 2. The van der Waals surface area contributed by atoms with Crippen molar-refractivity contribution in [3.8, 4) is 0 Å². The van der Waals surface area contributed by atoms with Crippen molar-refractivity contribution in [2.45, 2.75) is 62.7 Å². The van der Waals surface area contributed by atoms with Crippen LogP contribution < -0.4 is 0 Å². The van der Waals surface area contributed by atoms with E-state index in [0.717, 1.165) is 19.3 Å². The molecular formula is C12H20O7S. The molecule has 0 aromatic carbocycles. The highest BCUT2D eigenvalue weighted by atomic mass is 32.2. The largest absolute Gasteiger partial charge is 0.481 e. The molecule has 0 aromatic rings. The fourth-order valence-corrected chi connectivity index (χ4v) is 3.44. The fourth-order valence-electron chi connectivity index (χ4n) is 1.99. The van der Waals surface area contributed by atoms with Crippen LogP contribution in [-0.4, -0.2) is 41.4 Å². The second-order valence-corrected chi connectivity index (χ2v) is 6.86. The lowest BCUT2D eigenvalue weighted by Crippen LogP contribution is -2.36. The second kappa shape index (κ2) is 6.53. The lowest BCUT2D eigenvalue weighted by atomic mass is 10.1. The Bertz CT molecular complexity index is 464. The smallest absolute Gasteiger partial charge is 0.325 e. The van der Waals surface area contributed by atoms with Gasteiger partial charge in [-0.15, -0.1) is 0 Å². The van der Waals surface area contributed by atoms with Crippen LogP contribution in [0.5, 0.6) is 0 Å². The summed E-state index contributed by atoms with van der Waals surface area (Å²) in [5.74, 6) is -3.18. The molecule has 1 saturated carbocycles. The summed E-state index contributed by atoms with van der Waals surface area (Å²) < 4.78 is 28.9. The SMILES string of the molecule is CCCCCC1(OS(=O)(=O)C(CC(=O)O)C(=O)O)CC1. The van der Waals surface area contributed by atoms with Gasteiger partial charge in [-0.3, -0.25) is 13.8 Å². The molecule has 8 heteroatoms. The lowest BCUT2D eigenvalue weighted by Gasteiger charge is -2.19. The maximum atomic E-state index is 11.9. The molecule has 0 bridgehead atoms. The van der Waals surface area contributed by atoms with Crippen LogP contribution in [0.2, 0.25) is 0 Å². The van der Waals surface area contributed by atoms with Gasteiger partial charge in [-0.05, 0) is 19.3 Å². The third-order valence-corrected chi connectivity index (χ3v) is 4.97. The zero-order chi connectivity index (χ0) is 15.4. The zero-order valence-electron chi connectivity index (χ0n) is 11.4. The van der Waals surface area contributed by atoms with Gasteiger partial charge < -0.3 is 10.2 Å². The van der Waals surface area contributed by atoms with Gasteiger partial charge >= 0.3 is 11.9 Å². The number of unbranched alkanes of at least 4 members (excludes halogenated alkanes) is 2. The summed E-state index contributed by atoms with van der Waals surface area (Å²) in [4.78, 5) is 21.5. The molecular weight excluding hydrogens is 288 g/mol. The van der Waals surface area contributed by atoms with Crippen LogP contribution in [0.1, 0.15) is 51.9 Å². The molecule has 0 saturated heterocycles. The predicted molar refractivity (Wildman–Crippen MR) is 69.8 cm³/mol. The third-order valence-electron chi connectivity index (χ3n) is 3.32. The molecule has 1 unspecified atom stereocenters. The molecule has 1 rings (SSSR count). The van der Waals surface area contributed by atoms with Crippen LogP contribution in [0.3, 0.4) is 0 Å². The minimum absolute atomic E-state index is 0.555. The predicted octanol–water partition coefficient (Wildman–Crippen LogP) is 1.37. The Hall–Kier alpha value is -1.15. The zero-order valence-corrected chi connectivity index (χ0v) is 12.2. The summed E-state index contributed by atoms with van der Waals surface area (Å²) in [7, 11) is -4.43. The van der Waals surface area contributed by atoms with Crippen molar-refractivity contribution in [3.63, 3.8) is 0 Å². The molecule has 0 heterocycles. The molecule has 1 fully saturated rings. The van der Waals surface area contributed by atoms with Crippen LogP contribution >= 0.6 is 0 Å². The first-order chi connectivity index (χ1) is 9.22. The minimum atomic E-state index is -4.43. The van der Waals surface area contributed by atoms with E-state index in [9.17, 15) is 18.0 Å². The molecule has 20 heavy (non-hydrogen) atoms. The average molecular weight is 308 g/mol. The van der Waals surface area contributed by atoms with Crippen LogP contribution in [0.15, 0.2) is 0 Å². The number of carbonyl (C=O) groups is 2. The summed E-state index contributed by atoms with van der Waals surface area (Å²) in [6.07, 6.45) is 3.43. The van der Waals surface area contributed by atoms with Gasteiger partial charge in [0.05, 0.1) is 12.0 Å². The van der Waals surface area contributed by atoms with Gasteiger partial charge in [-0.2, -0.15) is 8.42 Å². The van der Waals surface area contributed by atoms with Gasteiger partial charge in [0.1, 0.15) is 0 Å². The number of hydrogen-bond acceptors (Lipinski definition) is 5. The summed E-state index contributed by atoms with van der Waals surface area (Å²) in [6, 6.07) is 0. The Morgan fingerprint density at radius 1 is 1.25 bits per heavy atom. The normalized spacial score (nSPS) is 18.4. The van der Waals surface area contributed by atoms with Gasteiger partial charge in [-0.25, -0.2) is 0 Å². The van der Waals surface area contributed by atoms with E-state index in [0.29, 0.717) is 19.3 Å². The number of carboxylic acid groups (broad SMARTS) is 2. The van der Waals surface area contributed by atoms with E-state index in [1.807, 2.05) is 6.92 Å². The Labute approximate surface area is 118 Å². The van der Waals surface area contributed by atoms with Crippen molar-refractivity contribution in [3.05, 3.63) is 0 Å². The molecule has 0 amide bonds. The van der Waals surface area contributed by atoms with Crippen molar-refractivity contribution in [2.24, 2.45) is 0 Å². The maximum Gasteiger partial charge on any atom is 0.325 e. The van der Waals surface area contributed by atoms with Gasteiger partial charge in [0.15, 0.2) is 5.25 Å². The van der Waals surface area contributed by atoms with Gasteiger partial charge in [-0.1, -0.05) is 26.2 Å². The van der Waals surface area contributed by atoms with E-state index >= 15 is 0 Å². The third kappa shape index (κ3) is 4.75. The Kier molecular flexibility index (Phi) is 5.52.